The van der Waals surface area contributed by atoms with Gasteiger partial charge in [-0.05, 0) is 54.7 Å². The number of nitrogens with zero attached hydrogens (tertiary/aromatic N) is 1. The lowest BCUT2D eigenvalue weighted by Gasteiger charge is -2.11. The largest absolute Gasteiger partial charge is 0.489 e. The molecule has 4 rings (SSSR count). The van der Waals surface area contributed by atoms with Crippen molar-refractivity contribution in [2.45, 2.75) is 19.4 Å². The Labute approximate surface area is 178 Å². The van der Waals surface area contributed by atoms with Crippen LogP contribution in [0.25, 0.3) is 11.1 Å². The number of esters is 1. The Morgan fingerprint density at radius 1 is 1.03 bits per heavy atom. The quantitative estimate of drug-likeness (QED) is 0.466. The molecular weight excluding hydrogens is 404 g/mol. The van der Waals surface area contributed by atoms with E-state index in [-0.39, 0.29) is 23.5 Å². The molecule has 160 valence electrons. The number of carbonyl (C=O) groups excluding carboxylic acids is 1. The van der Waals surface area contributed by atoms with Gasteiger partial charge in [-0.25, -0.2) is 18.6 Å². The van der Waals surface area contributed by atoms with Crippen LogP contribution in [0.15, 0.2) is 54.7 Å². The van der Waals surface area contributed by atoms with Gasteiger partial charge in [0.2, 0.25) is 5.88 Å². The fourth-order valence-corrected chi connectivity index (χ4v) is 3.01. The summed E-state index contributed by atoms with van der Waals surface area (Å²) in [4.78, 5) is 15.8. The number of carbonyl (C=O) groups is 1. The van der Waals surface area contributed by atoms with Gasteiger partial charge in [-0.1, -0.05) is 6.07 Å². The fourth-order valence-electron chi connectivity index (χ4n) is 3.01. The average molecular weight is 425 g/mol. The van der Waals surface area contributed by atoms with Crippen molar-refractivity contribution >= 4 is 5.97 Å². The second-order valence-corrected chi connectivity index (χ2v) is 7.40. The van der Waals surface area contributed by atoms with Crippen molar-refractivity contribution in [1.29, 1.82) is 0 Å². The van der Waals surface area contributed by atoms with Gasteiger partial charge in [0.15, 0.2) is 0 Å². The van der Waals surface area contributed by atoms with E-state index in [2.05, 4.69) is 9.72 Å². The van der Waals surface area contributed by atoms with E-state index in [4.69, 9.17) is 9.47 Å². The van der Waals surface area contributed by atoms with Gasteiger partial charge in [0.1, 0.15) is 24.0 Å². The van der Waals surface area contributed by atoms with E-state index in [1.54, 1.807) is 24.4 Å². The average Bonchev–Trinajstić information content (AvgIpc) is 3.61. The lowest BCUT2D eigenvalue weighted by molar-refractivity contribution is 0.0600. The van der Waals surface area contributed by atoms with Crippen LogP contribution in [0, 0.1) is 17.6 Å². The summed E-state index contributed by atoms with van der Waals surface area (Å²) in [7, 11) is 1.23. The number of methoxy groups -OCH3 is 1. The van der Waals surface area contributed by atoms with Gasteiger partial charge in [-0.15, -0.1) is 0 Å². The predicted octanol–water partition coefficient (Wildman–Crippen LogP) is 5.18. The van der Waals surface area contributed by atoms with E-state index in [0.29, 0.717) is 29.5 Å². The van der Waals surface area contributed by atoms with E-state index in [0.717, 1.165) is 6.07 Å². The smallest absolute Gasteiger partial charge is 0.337 e. The van der Waals surface area contributed by atoms with Crippen LogP contribution < -0.4 is 9.47 Å². The Balaban J connectivity index is 1.44. The monoisotopic (exact) mass is 425 g/mol. The first kappa shape index (κ1) is 20.8. The van der Waals surface area contributed by atoms with Crippen molar-refractivity contribution in [2.24, 2.45) is 5.92 Å². The predicted molar refractivity (Wildman–Crippen MR) is 110 cm³/mol. The van der Waals surface area contributed by atoms with Crippen molar-refractivity contribution in [3.63, 3.8) is 0 Å². The number of hydrogen-bond acceptors (Lipinski definition) is 5. The number of rotatable bonds is 8. The van der Waals surface area contributed by atoms with Gasteiger partial charge in [0, 0.05) is 29.5 Å². The lowest BCUT2D eigenvalue weighted by atomic mass is 10.1. The molecule has 0 saturated heterocycles. The van der Waals surface area contributed by atoms with Crippen LogP contribution in [-0.4, -0.2) is 24.7 Å². The van der Waals surface area contributed by atoms with Crippen LogP contribution in [0.3, 0.4) is 0 Å². The topological polar surface area (TPSA) is 57.7 Å². The summed E-state index contributed by atoms with van der Waals surface area (Å²) in [6.45, 7) is 0.545. The van der Waals surface area contributed by atoms with Crippen molar-refractivity contribution in [2.75, 3.05) is 13.7 Å². The molecule has 0 atom stereocenters. The van der Waals surface area contributed by atoms with Crippen LogP contribution in [0.4, 0.5) is 8.78 Å². The van der Waals surface area contributed by atoms with Crippen molar-refractivity contribution in [3.05, 3.63) is 77.5 Å². The van der Waals surface area contributed by atoms with Crippen LogP contribution in [0.2, 0.25) is 0 Å². The maximum absolute atomic E-state index is 14.2. The Kier molecular flexibility index (Phi) is 6.11. The third-order valence-corrected chi connectivity index (χ3v) is 4.97. The van der Waals surface area contributed by atoms with Crippen LogP contribution >= 0.6 is 0 Å². The molecule has 1 fully saturated rings. The molecule has 0 N–H and O–H groups in total. The minimum absolute atomic E-state index is 0.105. The molecule has 1 saturated carbocycles. The molecule has 1 aliphatic rings. The Hall–Kier alpha value is -3.48. The Morgan fingerprint density at radius 2 is 1.87 bits per heavy atom. The highest BCUT2D eigenvalue weighted by atomic mass is 19.1. The lowest BCUT2D eigenvalue weighted by Crippen LogP contribution is -2.04. The minimum Gasteiger partial charge on any atom is -0.489 e. The van der Waals surface area contributed by atoms with Gasteiger partial charge >= 0.3 is 5.97 Å². The highest BCUT2D eigenvalue weighted by Crippen LogP contribution is 2.30. The molecule has 0 spiro atoms. The molecule has 1 aliphatic carbocycles. The van der Waals surface area contributed by atoms with Crippen molar-refractivity contribution in [1.82, 2.24) is 4.98 Å². The highest BCUT2D eigenvalue weighted by molar-refractivity contribution is 5.89. The highest BCUT2D eigenvalue weighted by Gasteiger charge is 2.22. The molecule has 3 aromatic rings. The first-order valence-electron chi connectivity index (χ1n) is 9.91. The summed E-state index contributed by atoms with van der Waals surface area (Å²) >= 11 is 0. The molecule has 1 heterocycles. The molecule has 0 radical (unpaired) electrons. The zero-order chi connectivity index (χ0) is 21.8. The minimum atomic E-state index is -0.626. The van der Waals surface area contributed by atoms with Gasteiger partial charge in [-0.2, -0.15) is 0 Å². The summed E-state index contributed by atoms with van der Waals surface area (Å²) in [5.41, 5.74) is 1.63. The van der Waals surface area contributed by atoms with E-state index in [9.17, 15) is 13.6 Å². The summed E-state index contributed by atoms with van der Waals surface area (Å²) in [5, 5.41) is 0. The third-order valence-electron chi connectivity index (χ3n) is 4.97. The first-order chi connectivity index (χ1) is 15.0. The molecule has 0 aliphatic heterocycles. The molecule has 1 aromatic heterocycles. The number of benzene rings is 2. The molecular formula is C24H21F2NO4. The summed E-state index contributed by atoms with van der Waals surface area (Å²) in [5.74, 6) is -0.298. The van der Waals surface area contributed by atoms with Crippen LogP contribution in [0.1, 0.15) is 28.8 Å². The Bertz CT molecular complexity index is 1080. The number of hydrogen-bond donors (Lipinski definition) is 0. The zero-order valence-electron chi connectivity index (χ0n) is 16.9. The number of ether oxygens (including phenoxy) is 3. The van der Waals surface area contributed by atoms with E-state index < -0.39 is 17.6 Å². The van der Waals surface area contributed by atoms with Crippen molar-refractivity contribution < 1.29 is 27.8 Å². The molecule has 0 unspecified atom stereocenters. The van der Waals surface area contributed by atoms with E-state index >= 15 is 0 Å². The number of halogens is 2. The molecule has 2 aromatic carbocycles. The van der Waals surface area contributed by atoms with Crippen LogP contribution in [-0.2, 0) is 11.3 Å². The second-order valence-electron chi connectivity index (χ2n) is 7.40. The molecule has 5 nitrogen and oxygen atoms in total. The second kappa shape index (κ2) is 9.12. The summed E-state index contributed by atoms with van der Waals surface area (Å²) < 4.78 is 44.2. The van der Waals surface area contributed by atoms with Crippen LogP contribution in [0.5, 0.6) is 11.6 Å². The normalized spacial score (nSPS) is 13.0. The van der Waals surface area contributed by atoms with E-state index in [1.165, 1.54) is 44.2 Å². The van der Waals surface area contributed by atoms with Gasteiger partial charge < -0.3 is 14.2 Å². The standard InChI is InChI=1S/C24H21F2NO4/c1-29-24(28)16-4-5-18(22(26)10-16)14-30-21-9-19(8-20(25)11-21)17-6-7-23(27-12-17)31-13-15-2-3-15/h4-12,15H,2-3,13-14H2,1H3. The first-order valence-corrected chi connectivity index (χ1v) is 9.91. The maximum Gasteiger partial charge on any atom is 0.337 e. The molecule has 31 heavy (non-hydrogen) atoms. The van der Waals surface area contributed by atoms with Gasteiger partial charge in [0.25, 0.3) is 0 Å². The fraction of sp³-hybridized carbons (Fsp3) is 0.250. The summed E-state index contributed by atoms with van der Waals surface area (Å²) in [6, 6.07) is 11.8. The molecule has 0 bridgehead atoms. The number of aromatic nitrogens is 1. The van der Waals surface area contributed by atoms with Crippen molar-refractivity contribution in [3.8, 4) is 22.8 Å². The SMILES string of the molecule is COC(=O)c1ccc(COc2cc(F)cc(-c3ccc(OCC4CC4)nc3)c2)c(F)c1. The molecule has 0 amide bonds. The zero-order valence-corrected chi connectivity index (χ0v) is 16.9. The maximum atomic E-state index is 14.2. The Morgan fingerprint density at radius 3 is 2.55 bits per heavy atom. The number of pyridine rings is 1. The van der Waals surface area contributed by atoms with E-state index in [1.807, 2.05) is 0 Å². The van der Waals surface area contributed by atoms with Gasteiger partial charge in [-0.3, -0.25) is 0 Å². The summed E-state index contributed by atoms with van der Waals surface area (Å²) in [6.07, 6.45) is 4.01. The molecule has 7 heteroatoms. The van der Waals surface area contributed by atoms with Gasteiger partial charge in [0.05, 0.1) is 19.3 Å². The third kappa shape index (κ3) is 5.36.